The first-order chi connectivity index (χ1) is 11.4. The predicted molar refractivity (Wildman–Crippen MR) is 101 cm³/mol. The standard InChI is InChI=1S/C20H43NO2/c1-2-3-4-5-6-7-8-9-10-11-12-13-14-15-16-21-17-19-23-20-18-22/h21-22H,2-20H2,1H3. The molecule has 0 aromatic carbocycles. The highest BCUT2D eigenvalue weighted by atomic mass is 16.5. The van der Waals surface area contributed by atoms with Gasteiger partial charge >= 0.3 is 0 Å². The summed E-state index contributed by atoms with van der Waals surface area (Å²) < 4.78 is 5.19. The van der Waals surface area contributed by atoms with Crippen LogP contribution in [0.25, 0.3) is 0 Å². The molecule has 0 atom stereocenters. The lowest BCUT2D eigenvalue weighted by Gasteiger charge is -2.05. The van der Waals surface area contributed by atoms with Gasteiger partial charge in [-0.05, 0) is 13.0 Å². The van der Waals surface area contributed by atoms with Crippen molar-refractivity contribution in [3.63, 3.8) is 0 Å². The summed E-state index contributed by atoms with van der Waals surface area (Å²) in [4.78, 5) is 0. The molecule has 0 heterocycles. The first-order valence-electron chi connectivity index (χ1n) is 10.3. The second kappa shape index (κ2) is 21.9. The third-order valence-corrected chi connectivity index (χ3v) is 4.37. The van der Waals surface area contributed by atoms with E-state index in [9.17, 15) is 0 Å². The molecule has 0 unspecified atom stereocenters. The normalized spacial score (nSPS) is 11.2. The number of ether oxygens (including phenoxy) is 1. The molecule has 0 aliphatic rings. The fourth-order valence-corrected chi connectivity index (χ4v) is 2.88. The van der Waals surface area contributed by atoms with Gasteiger partial charge in [0.05, 0.1) is 19.8 Å². The van der Waals surface area contributed by atoms with E-state index in [1.54, 1.807) is 0 Å². The van der Waals surface area contributed by atoms with E-state index in [0.29, 0.717) is 13.2 Å². The fraction of sp³-hybridized carbons (Fsp3) is 1.00. The molecule has 0 fully saturated rings. The minimum atomic E-state index is 0.124. The Bertz CT molecular complexity index is 180. The largest absolute Gasteiger partial charge is 0.394 e. The van der Waals surface area contributed by atoms with Crippen molar-refractivity contribution in [1.82, 2.24) is 5.32 Å². The van der Waals surface area contributed by atoms with Crippen molar-refractivity contribution in [3.8, 4) is 0 Å². The summed E-state index contributed by atoms with van der Waals surface area (Å²) in [5.41, 5.74) is 0. The molecule has 0 spiro atoms. The first-order valence-corrected chi connectivity index (χ1v) is 10.3. The third-order valence-electron chi connectivity index (χ3n) is 4.37. The fourth-order valence-electron chi connectivity index (χ4n) is 2.88. The highest BCUT2D eigenvalue weighted by Gasteiger charge is 1.94. The van der Waals surface area contributed by atoms with Gasteiger partial charge in [-0.15, -0.1) is 0 Å². The monoisotopic (exact) mass is 329 g/mol. The molecule has 2 N–H and O–H groups in total. The lowest BCUT2D eigenvalue weighted by molar-refractivity contribution is 0.0939. The smallest absolute Gasteiger partial charge is 0.0698 e. The molecule has 0 bridgehead atoms. The summed E-state index contributed by atoms with van der Waals surface area (Å²) in [5, 5.41) is 11.9. The lowest BCUT2D eigenvalue weighted by atomic mass is 10.0. The maximum absolute atomic E-state index is 8.56. The van der Waals surface area contributed by atoms with Crippen molar-refractivity contribution in [2.45, 2.75) is 96.8 Å². The molecule has 0 saturated carbocycles. The van der Waals surface area contributed by atoms with Crippen LogP contribution in [0.3, 0.4) is 0 Å². The van der Waals surface area contributed by atoms with Gasteiger partial charge in [0.25, 0.3) is 0 Å². The highest BCUT2D eigenvalue weighted by molar-refractivity contribution is 4.51. The van der Waals surface area contributed by atoms with E-state index < -0.39 is 0 Å². The van der Waals surface area contributed by atoms with Crippen LogP contribution in [-0.4, -0.2) is 38.0 Å². The van der Waals surface area contributed by atoms with Gasteiger partial charge in [0, 0.05) is 6.54 Å². The van der Waals surface area contributed by atoms with Crippen LogP contribution >= 0.6 is 0 Å². The van der Waals surface area contributed by atoms with E-state index in [4.69, 9.17) is 9.84 Å². The second-order valence-corrected chi connectivity index (χ2v) is 6.68. The maximum atomic E-state index is 8.56. The Kier molecular flexibility index (Phi) is 21.8. The van der Waals surface area contributed by atoms with E-state index in [1.165, 1.54) is 89.9 Å². The number of rotatable bonds is 20. The number of aliphatic hydroxyl groups excluding tert-OH is 1. The molecule has 0 aromatic heterocycles. The van der Waals surface area contributed by atoms with Crippen molar-refractivity contribution >= 4 is 0 Å². The van der Waals surface area contributed by atoms with Crippen molar-refractivity contribution in [3.05, 3.63) is 0 Å². The number of unbranched alkanes of at least 4 members (excludes halogenated alkanes) is 13. The van der Waals surface area contributed by atoms with E-state index in [-0.39, 0.29) is 6.61 Å². The highest BCUT2D eigenvalue weighted by Crippen LogP contribution is 2.12. The van der Waals surface area contributed by atoms with Crippen molar-refractivity contribution in [1.29, 1.82) is 0 Å². The maximum Gasteiger partial charge on any atom is 0.0698 e. The predicted octanol–water partition coefficient (Wildman–Crippen LogP) is 5.07. The molecule has 0 rings (SSSR count). The summed E-state index contributed by atoms with van der Waals surface area (Å²) in [5.74, 6) is 0. The zero-order chi connectivity index (χ0) is 16.8. The van der Waals surface area contributed by atoms with Crippen LogP contribution in [0.1, 0.15) is 96.8 Å². The number of aliphatic hydroxyl groups is 1. The SMILES string of the molecule is CCCCCCCCCCCCCCCCNCCOCCO. The molecule has 0 radical (unpaired) electrons. The zero-order valence-corrected chi connectivity index (χ0v) is 15.8. The van der Waals surface area contributed by atoms with Gasteiger partial charge in [0.1, 0.15) is 0 Å². The van der Waals surface area contributed by atoms with E-state index in [1.807, 2.05) is 0 Å². The molecule has 0 aromatic rings. The van der Waals surface area contributed by atoms with Gasteiger partial charge in [-0.1, -0.05) is 90.4 Å². The average Bonchev–Trinajstić information content (AvgIpc) is 2.57. The average molecular weight is 330 g/mol. The molecule has 140 valence electrons. The molecular weight excluding hydrogens is 286 g/mol. The van der Waals surface area contributed by atoms with E-state index >= 15 is 0 Å². The van der Waals surface area contributed by atoms with Crippen molar-refractivity contribution < 1.29 is 9.84 Å². The molecule has 23 heavy (non-hydrogen) atoms. The van der Waals surface area contributed by atoms with Gasteiger partial charge in [-0.3, -0.25) is 0 Å². The molecule has 3 heteroatoms. The number of nitrogens with one attached hydrogen (secondary N) is 1. The second-order valence-electron chi connectivity index (χ2n) is 6.68. The van der Waals surface area contributed by atoms with Gasteiger partial charge in [-0.25, -0.2) is 0 Å². The Hall–Kier alpha value is -0.120. The van der Waals surface area contributed by atoms with Crippen LogP contribution in [0, 0.1) is 0 Å². The van der Waals surface area contributed by atoms with Crippen LogP contribution in [0.2, 0.25) is 0 Å². The van der Waals surface area contributed by atoms with Crippen LogP contribution < -0.4 is 5.32 Å². The molecule has 0 saturated heterocycles. The minimum Gasteiger partial charge on any atom is -0.394 e. The Morgan fingerprint density at radius 3 is 1.57 bits per heavy atom. The van der Waals surface area contributed by atoms with Crippen LogP contribution in [0.4, 0.5) is 0 Å². The van der Waals surface area contributed by atoms with Crippen molar-refractivity contribution in [2.24, 2.45) is 0 Å². The van der Waals surface area contributed by atoms with Crippen LogP contribution in [0.5, 0.6) is 0 Å². The summed E-state index contributed by atoms with van der Waals surface area (Å²) >= 11 is 0. The Balaban J connectivity index is 2.92. The summed E-state index contributed by atoms with van der Waals surface area (Å²) in [6.45, 7) is 5.57. The van der Waals surface area contributed by atoms with Crippen molar-refractivity contribution in [2.75, 3.05) is 32.9 Å². The molecule has 0 aliphatic carbocycles. The van der Waals surface area contributed by atoms with Crippen LogP contribution in [0.15, 0.2) is 0 Å². The van der Waals surface area contributed by atoms with E-state index in [0.717, 1.165) is 13.1 Å². The Morgan fingerprint density at radius 2 is 1.09 bits per heavy atom. The molecular formula is C20H43NO2. The summed E-state index contributed by atoms with van der Waals surface area (Å²) in [7, 11) is 0. The quantitative estimate of drug-likeness (QED) is 0.307. The van der Waals surface area contributed by atoms with Gasteiger partial charge in [0.2, 0.25) is 0 Å². The molecule has 0 aliphatic heterocycles. The Labute approximate surface area is 145 Å². The number of hydrogen-bond donors (Lipinski definition) is 2. The molecule has 3 nitrogen and oxygen atoms in total. The molecule has 0 amide bonds. The number of hydrogen-bond acceptors (Lipinski definition) is 3. The lowest BCUT2D eigenvalue weighted by Crippen LogP contribution is -2.21. The minimum absolute atomic E-state index is 0.124. The topological polar surface area (TPSA) is 41.5 Å². The van der Waals surface area contributed by atoms with Gasteiger partial charge in [0.15, 0.2) is 0 Å². The van der Waals surface area contributed by atoms with E-state index in [2.05, 4.69) is 12.2 Å². The van der Waals surface area contributed by atoms with Gasteiger partial charge in [-0.2, -0.15) is 0 Å². The Morgan fingerprint density at radius 1 is 0.609 bits per heavy atom. The first kappa shape index (κ1) is 22.9. The summed E-state index contributed by atoms with van der Waals surface area (Å²) in [6, 6.07) is 0. The summed E-state index contributed by atoms with van der Waals surface area (Å²) in [6.07, 6.45) is 19.8. The van der Waals surface area contributed by atoms with Gasteiger partial charge < -0.3 is 15.2 Å². The third kappa shape index (κ3) is 21.9. The zero-order valence-electron chi connectivity index (χ0n) is 15.8. The van der Waals surface area contributed by atoms with Crippen LogP contribution in [-0.2, 0) is 4.74 Å².